The molecule has 15 heteroatoms. The summed E-state index contributed by atoms with van der Waals surface area (Å²) in [5.41, 5.74) is 6.24. The molecule has 0 bridgehead atoms. The third-order valence-corrected chi connectivity index (χ3v) is 13.4. The Kier molecular flexibility index (Phi) is 15.9. The Morgan fingerprint density at radius 3 is 1.39 bits per heavy atom. The van der Waals surface area contributed by atoms with Crippen LogP contribution in [0.5, 0.6) is 17.2 Å². The second-order valence-corrected chi connectivity index (χ2v) is 17.0. The largest absolute Gasteiger partial charge is 0.506 e. The van der Waals surface area contributed by atoms with Crippen LogP contribution in [0.15, 0.2) is 46.2 Å². The molecule has 0 aromatic heterocycles. The molecule has 0 aliphatic heterocycles. The number of benzene rings is 4. The molecule has 0 spiro atoms. The topological polar surface area (TPSA) is 168 Å². The van der Waals surface area contributed by atoms with Gasteiger partial charge in [-0.1, -0.05) is 89.0 Å². The molecule has 0 amide bonds. The molecular weight excluding hydrogens is 799 g/mol. The maximum Gasteiger partial charge on any atom is 0.341 e. The maximum absolute atomic E-state index is 13.4. The van der Waals surface area contributed by atoms with Gasteiger partial charge in [0.25, 0.3) is 20.0 Å². The lowest BCUT2D eigenvalue weighted by Crippen LogP contribution is -2.18. The summed E-state index contributed by atoms with van der Waals surface area (Å²) in [6.45, 7) is 15.1. The number of rotatable bonds is 14. The van der Waals surface area contributed by atoms with Gasteiger partial charge in [0.15, 0.2) is 11.5 Å². The van der Waals surface area contributed by atoms with Crippen LogP contribution in [-0.2, 0) is 63.3 Å². The molecule has 56 heavy (non-hydrogen) atoms. The first-order chi connectivity index (χ1) is 26.3. The lowest BCUT2D eigenvalue weighted by molar-refractivity contribution is 0.0597. The van der Waals surface area contributed by atoms with Gasteiger partial charge in [-0.15, -0.1) is 0 Å². The van der Waals surface area contributed by atoms with Gasteiger partial charge in [0.2, 0.25) is 0 Å². The lowest BCUT2D eigenvalue weighted by Gasteiger charge is -2.19. The highest BCUT2D eigenvalue weighted by atomic mass is 35.5. The molecule has 0 saturated heterocycles. The van der Waals surface area contributed by atoms with Crippen LogP contribution in [-0.4, -0.2) is 47.2 Å². The summed E-state index contributed by atoms with van der Waals surface area (Å²) in [6.07, 6.45) is 3.96. The average Bonchev–Trinajstić information content (AvgIpc) is 3.18. The summed E-state index contributed by atoms with van der Waals surface area (Å²) in [5.74, 6) is -1.55. The molecule has 0 radical (unpaired) electrons. The molecule has 0 fully saturated rings. The normalized spacial score (nSPS) is 11.4. The summed E-state index contributed by atoms with van der Waals surface area (Å²) in [4.78, 5) is 12.5. The van der Waals surface area contributed by atoms with Crippen LogP contribution >= 0.6 is 23.2 Å². The molecule has 4 aromatic rings. The first-order valence-corrected chi connectivity index (χ1v) is 22.0. The first-order valence-electron chi connectivity index (χ1n) is 18.3. The van der Waals surface area contributed by atoms with Crippen LogP contribution in [0.1, 0.15) is 96.4 Å². The van der Waals surface area contributed by atoms with Gasteiger partial charge in [-0.2, -0.15) is 0 Å². The summed E-state index contributed by atoms with van der Waals surface area (Å²) >= 11 is 12.3. The molecule has 4 N–H and O–H groups in total. The molecule has 306 valence electrons. The predicted molar refractivity (Wildman–Crippen MR) is 224 cm³/mol. The highest BCUT2D eigenvalue weighted by molar-refractivity contribution is 7.93. The number of aryl methyl sites for hydroxylation is 7. The fraction of sp³-hybridized carbons (Fsp3) is 0.390. The van der Waals surface area contributed by atoms with Crippen molar-refractivity contribution in [1.82, 2.24) is 0 Å². The highest BCUT2D eigenvalue weighted by Crippen LogP contribution is 2.44. The fourth-order valence-electron chi connectivity index (χ4n) is 6.33. The number of halogens is 2. The maximum atomic E-state index is 13.4. The number of esters is 1. The monoisotopic (exact) mass is 850 g/mol. The number of phenolic OH excluding ortho intramolecular Hbond substituents is 2. The van der Waals surface area contributed by atoms with Crippen molar-refractivity contribution in [3.8, 4) is 17.2 Å². The second kappa shape index (κ2) is 19.3. The quantitative estimate of drug-likeness (QED) is 0.0714. The molecule has 0 saturated carbocycles. The van der Waals surface area contributed by atoms with Crippen LogP contribution in [0.2, 0.25) is 10.0 Å². The van der Waals surface area contributed by atoms with E-state index in [0.29, 0.717) is 58.5 Å². The summed E-state index contributed by atoms with van der Waals surface area (Å²) in [5, 5.41) is 20.0. The van der Waals surface area contributed by atoms with Crippen LogP contribution in [0.3, 0.4) is 0 Å². The number of anilines is 2. The third kappa shape index (κ3) is 9.85. The molecule has 0 aliphatic carbocycles. The number of phenols is 2. The van der Waals surface area contributed by atoms with Crippen LogP contribution in [0.4, 0.5) is 11.4 Å². The van der Waals surface area contributed by atoms with Crippen molar-refractivity contribution < 1.29 is 41.3 Å². The number of ether oxygens (including phenoxy) is 2. The molecule has 4 rings (SSSR count). The molecule has 0 aliphatic rings. The summed E-state index contributed by atoms with van der Waals surface area (Å²) in [7, 11) is -5.42. The minimum absolute atomic E-state index is 0.0251. The number of carbonyl (C=O) groups is 1. The van der Waals surface area contributed by atoms with Crippen molar-refractivity contribution >= 4 is 60.6 Å². The summed E-state index contributed by atoms with van der Waals surface area (Å²) in [6, 6.07) is 10.4. The van der Waals surface area contributed by atoms with E-state index in [1.54, 1.807) is 19.9 Å². The Bertz CT molecular complexity index is 2280. The van der Waals surface area contributed by atoms with Crippen molar-refractivity contribution in [3.05, 3.63) is 96.5 Å². The standard InChI is InChI=1S/C21H26ClNO6S.C20H26ClNO3S/c1-6-12-9-13(7-2)20(14(8-3)10-12)30(26,27)23-16-11-15(21(25)29-5)18(24)17(22)19(16)28-4;1-6-14-10-15(7-2)20(16(8-3)11-14)26(24,25)22-17-9-12(4)19(23)18(21)13(17)5/h9-11,23-24H,6-8H2,1-5H3;9-11,22-23H,6-8H2,1-5H3. The van der Waals surface area contributed by atoms with Gasteiger partial charge in [0.1, 0.15) is 16.3 Å². The van der Waals surface area contributed by atoms with E-state index in [1.807, 2.05) is 58.9 Å². The van der Waals surface area contributed by atoms with E-state index in [1.165, 1.54) is 7.11 Å². The van der Waals surface area contributed by atoms with E-state index in [-0.39, 0.29) is 37.7 Å². The number of hydrogen-bond donors (Lipinski definition) is 4. The van der Waals surface area contributed by atoms with Crippen LogP contribution in [0, 0.1) is 13.8 Å². The zero-order valence-corrected chi connectivity index (χ0v) is 36.7. The second-order valence-electron chi connectivity index (χ2n) is 13.0. The minimum Gasteiger partial charge on any atom is -0.506 e. The predicted octanol–water partition coefficient (Wildman–Crippen LogP) is 9.48. The number of hydrogen-bond acceptors (Lipinski definition) is 9. The Labute approximate surface area is 341 Å². The molecular formula is C41H52Cl2N2O9S2. The van der Waals surface area contributed by atoms with Gasteiger partial charge in [-0.3, -0.25) is 9.44 Å². The first kappa shape index (κ1) is 46.2. The molecule has 0 atom stereocenters. The Morgan fingerprint density at radius 2 is 1.04 bits per heavy atom. The Morgan fingerprint density at radius 1 is 0.625 bits per heavy atom. The van der Waals surface area contributed by atoms with E-state index in [2.05, 4.69) is 21.1 Å². The van der Waals surface area contributed by atoms with Gasteiger partial charge >= 0.3 is 5.97 Å². The highest BCUT2D eigenvalue weighted by Gasteiger charge is 2.28. The van der Waals surface area contributed by atoms with Crippen molar-refractivity contribution in [2.75, 3.05) is 23.7 Å². The van der Waals surface area contributed by atoms with Gasteiger partial charge in [0.05, 0.1) is 40.4 Å². The van der Waals surface area contributed by atoms with Crippen molar-refractivity contribution in [2.24, 2.45) is 0 Å². The number of sulfonamides is 2. The third-order valence-electron chi connectivity index (χ3n) is 9.45. The van der Waals surface area contributed by atoms with Gasteiger partial charge in [-0.25, -0.2) is 21.6 Å². The number of aromatic hydroxyl groups is 2. The molecule has 0 unspecified atom stereocenters. The zero-order chi connectivity index (χ0) is 42.3. The van der Waals surface area contributed by atoms with Crippen molar-refractivity contribution in [3.63, 3.8) is 0 Å². The fourth-order valence-corrected chi connectivity index (χ4v) is 10.2. The number of carbonyl (C=O) groups excluding carboxylic acids is 1. The Balaban J connectivity index is 0.000000303. The van der Waals surface area contributed by atoms with Gasteiger partial charge < -0.3 is 19.7 Å². The van der Waals surface area contributed by atoms with E-state index < -0.39 is 31.8 Å². The number of methoxy groups -OCH3 is 2. The minimum atomic E-state index is -4.06. The summed E-state index contributed by atoms with van der Waals surface area (Å²) < 4.78 is 68.2. The molecule has 0 heterocycles. The van der Waals surface area contributed by atoms with E-state index >= 15 is 0 Å². The van der Waals surface area contributed by atoms with E-state index in [0.717, 1.165) is 48.3 Å². The zero-order valence-electron chi connectivity index (χ0n) is 33.5. The smallest absolute Gasteiger partial charge is 0.341 e. The van der Waals surface area contributed by atoms with Crippen LogP contribution < -0.4 is 14.2 Å². The van der Waals surface area contributed by atoms with Crippen LogP contribution in [0.25, 0.3) is 0 Å². The van der Waals surface area contributed by atoms with E-state index in [4.69, 9.17) is 27.9 Å². The van der Waals surface area contributed by atoms with Crippen molar-refractivity contribution in [2.45, 2.75) is 104 Å². The van der Waals surface area contributed by atoms with Gasteiger partial charge in [-0.05, 0) is 109 Å². The average molecular weight is 852 g/mol. The lowest BCUT2D eigenvalue weighted by atomic mass is 10.0. The SMILES string of the molecule is CCc1cc(CC)c(S(=O)(=O)Nc2cc(C(=O)OC)c(O)c(Cl)c2OC)c(CC)c1.CCc1cc(CC)c(S(=O)(=O)Nc2cc(C)c(O)c(Cl)c2C)c(CC)c1. The Hall–Kier alpha value is -4.17. The van der Waals surface area contributed by atoms with Gasteiger partial charge in [0, 0.05) is 0 Å². The van der Waals surface area contributed by atoms with Crippen molar-refractivity contribution in [1.29, 1.82) is 0 Å². The molecule has 11 nitrogen and oxygen atoms in total. The number of nitrogens with one attached hydrogen (secondary N) is 2. The van der Waals surface area contributed by atoms with E-state index in [9.17, 15) is 31.8 Å². The molecule has 4 aromatic carbocycles.